The minimum Gasteiger partial charge on any atom is -0.457 e. The number of urea groups is 1. The Hall–Kier alpha value is -3.55. The third kappa shape index (κ3) is 6.03. The number of benzene rings is 2. The van der Waals surface area contributed by atoms with Gasteiger partial charge in [-0.2, -0.15) is 13.2 Å². The molecule has 1 aromatic heterocycles. The molecule has 172 valence electrons. The summed E-state index contributed by atoms with van der Waals surface area (Å²) in [6.07, 6.45) is -1.67. The Morgan fingerprint density at radius 2 is 1.64 bits per heavy atom. The predicted molar refractivity (Wildman–Crippen MR) is 119 cm³/mol. The molecule has 1 fully saturated rings. The van der Waals surface area contributed by atoms with Gasteiger partial charge in [0.05, 0.1) is 11.3 Å². The number of ether oxygens (including phenoxy) is 1. The molecule has 0 unspecified atom stereocenters. The van der Waals surface area contributed by atoms with E-state index in [2.05, 4.69) is 5.32 Å². The van der Waals surface area contributed by atoms with Crippen LogP contribution in [0, 0.1) is 0 Å². The lowest BCUT2D eigenvalue weighted by Crippen LogP contribution is -2.29. The molecule has 2 aromatic carbocycles. The first-order valence-corrected chi connectivity index (χ1v) is 10.8. The minimum absolute atomic E-state index is 0.0147. The molecule has 1 saturated heterocycles. The summed E-state index contributed by atoms with van der Waals surface area (Å²) in [4.78, 5) is 18.1. The van der Waals surface area contributed by atoms with E-state index in [1.807, 2.05) is 35.2 Å². The molecule has 4 rings (SSSR count). The fraction of sp³-hybridized carbons (Fsp3) is 0.280. The van der Waals surface area contributed by atoms with Crippen molar-refractivity contribution < 1.29 is 22.7 Å². The molecule has 0 atom stereocenters. The normalized spacial score (nSPS) is 13.8. The molecule has 0 saturated carbocycles. The summed E-state index contributed by atoms with van der Waals surface area (Å²) in [6.45, 7) is 2.24. The zero-order valence-electron chi connectivity index (χ0n) is 17.9. The van der Waals surface area contributed by atoms with E-state index in [1.54, 1.807) is 12.1 Å². The van der Waals surface area contributed by atoms with Crippen molar-refractivity contribution in [2.75, 3.05) is 19.6 Å². The highest BCUT2D eigenvalue weighted by molar-refractivity contribution is 5.76. The number of hydrogen-bond acceptors (Lipinski definition) is 3. The molecular formula is C25H24F3N3O2. The van der Waals surface area contributed by atoms with Gasteiger partial charge in [-0.25, -0.2) is 4.79 Å². The van der Waals surface area contributed by atoms with Crippen molar-refractivity contribution in [1.82, 2.24) is 15.2 Å². The lowest BCUT2D eigenvalue weighted by atomic mass is 10.1. The van der Waals surface area contributed by atoms with Gasteiger partial charge in [0.2, 0.25) is 0 Å². The monoisotopic (exact) mass is 455 g/mol. The first-order valence-electron chi connectivity index (χ1n) is 10.8. The van der Waals surface area contributed by atoms with Crippen molar-refractivity contribution in [3.8, 4) is 22.8 Å². The molecule has 33 heavy (non-hydrogen) atoms. The van der Waals surface area contributed by atoms with Crippen LogP contribution in [0.5, 0.6) is 11.5 Å². The number of nitrogens with zero attached hydrogens (tertiary/aromatic N) is 2. The van der Waals surface area contributed by atoms with Crippen LogP contribution in [0.25, 0.3) is 11.3 Å². The summed E-state index contributed by atoms with van der Waals surface area (Å²) >= 11 is 0. The van der Waals surface area contributed by atoms with E-state index in [4.69, 9.17) is 9.72 Å². The van der Waals surface area contributed by atoms with E-state index in [-0.39, 0.29) is 6.03 Å². The highest BCUT2D eigenvalue weighted by Gasteiger charge is 2.30. The number of unbranched alkanes of at least 4 members (excludes halogenated alkanes) is 1. The van der Waals surface area contributed by atoms with Gasteiger partial charge in [0.25, 0.3) is 0 Å². The molecule has 2 amide bonds. The Bertz CT molecular complexity index is 1080. The van der Waals surface area contributed by atoms with Gasteiger partial charge in [0, 0.05) is 30.9 Å². The number of aryl methyl sites for hydroxylation is 1. The maximum atomic E-state index is 12.7. The molecule has 3 aromatic rings. The van der Waals surface area contributed by atoms with Gasteiger partial charge >= 0.3 is 12.2 Å². The summed E-state index contributed by atoms with van der Waals surface area (Å²) in [5.74, 6) is 0.864. The second-order valence-corrected chi connectivity index (χ2v) is 7.84. The van der Waals surface area contributed by atoms with Crippen LogP contribution in [0.1, 0.15) is 24.1 Å². The minimum atomic E-state index is -4.37. The molecule has 2 heterocycles. The molecule has 1 aliphatic rings. The summed E-state index contributed by atoms with van der Waals surface area (Å²) in [5.41, 5.74) is 2.04. The number of hydrogen-bond donors (Lipinski definition) is 1. The summed E-state index contributed by atoms with van der Waals surface area (Å²) in [6, 6.07) is 17.8. The molecule has 0 radical (unpaired) electrons. The van der Waals surface area contributed by atoms with Crippen molar-refractivity contribution in [1.29, 1.82) is 0 Å². The average molecular weight is 455 g/mol. The maximum Gasteiger partial charge on any atom is 0.416 e. The molecule has 0 aliphatic carbocycles. The number of rotatable bonds is 8. The van der Waals surface area contributed by atoms with Gasteiger partial charge < -0.3 is 15.0 Å². The van der Waals surface area contributed by atoms with Gasteiger partial charge in [0.15, 0.2) is 0 Å². The van der Waals surface area contributed by atoms with Gasteiger partial charge in [-0.1, -0.05) is 6.07 Å². The summed E-state index contributed by atoms with van der Waals surface area (Å²) in [7, 11) is 0. The zero-order valence-corrected chi connectivity index (χ0v) is 17.9. The number of halogens is 3. The molecule has 1 N–H and O–H groups in total. The van der Waals surface area contributed by atoms with Crippen LogP contribution in [0.4, 0.5) is 18.0 Å². The number of nitrogens with one attached hydrogen (secondary N) is 1. The van der Waals surface area contributed by atoms with E-state index in [9.17, 15) is 18.0 Å². The van der Waals surface area contributed by atoms with Crippen LogP contribution >= 0.6 is 0 Å². The Morgan fingerprint density at radius 1 is 0.939 bits per heavy atom. The topological polar surface area (TPSA) is 54.5 Å². The standard InChI is InChI=1S/C25H24F3N3O2/c26-25(27,28)19-9-13-22(14-10-19)33-21-11-7-18(8-12-21)23-6-3-5-20(30-23)4-1-2-16-31-17-15-29-24(31)32/h3,5-14H,1-2,4,15-17H2,(H,29,32). The number of aromatic nitrogens is 1. The first kappa shape index (κ1) is 22.6. The molecule has 0 spiro atoms. The number of alkyl halides is 3. The summed E-state index contributed by atoms with van der Waals surface area (Å²) < 4.78 is 43.7. The van der Waals surface area contributed by atoms with Gasteiger partial charge in [0.1, 0.15) is 11.5 Å². The van der Waals surface area contributed by atoms with Crippen LogP contribution in [0.2, 0.25) is 0 Å². The highest BCUT2D eigenvalue weighted by atomic mass is 19.4. The van der Waals surface area contributed by atoms with Crippen molar-refractivity contribution in [3.05, 3.63) is 78.0 Å². The lowest BCUT2D eigenvalue weighted by Gasteiger charge is -2.13. The van der Waals surface area contributed by atoms with Gasteiger partial charge in [-0.3, -0.25) is 4.98 Å². The van der Waals surface area contributed by atoms with Crippen LogP contribution in [0.3, 0.4) is 0 Å². The second-order valence-electron chi connectivity index (χ2n) is 7.84. The van der Waals surface area contributed by atoms with Crippen LogP contribution in [-0.4, -0.2) is 35.5 Å². The number of carbonyl (C=O) groups excluding carboxylic acids is 1. The van der Waals surface area contributed by atoms with Crippen LogP contribution in [0.15, 0.2) is 66.7 Å². The van der Waals surface area contributed by atoms with E-state index < -0.39 is 11.7 Å². The van der Waals surface area contributed by atoms with Gasteiger partial charge in [-0.05, 0) is 79.9 Å². The number of carbonyl (C=O) groups is 1. The second kappa shape index (κ2) is 9.94. The Labute approximate surface area is 190 Å². The SMILES string of the molecule is O=C1NCCN1CCCCc1cccc(-c2ccc(Oc3ccc(C(F)(F)F)cc3)cc2)n1. The van der Waals surface area contributed by atoms with E-state index in [0.29, 0.717) is 11.5 Å². The molecular weight excluding hydrogens is 431 g/mol. The third-order valence-corrected chi connectivity index (χ3v) is 5.43. The van der Waals surface area contributed by atoms with Crippen molar-refractivity contribution >= 4 is 6.03 Å². The lowest BCUT2D eigenvalue weighted by molar-refractivity contribution is -0.137. The predicted octanol–water partition coefficient (Wildman–Crippen LogP) is 5.91. The van der Waals surface area contributed by atoms with E-state index in [0.717, 1.165) is 68.0 Å². The Kier molecular flexibility index (Phi) is 6.82. The van der Waals surface area contributed by atoms with Crippen molar-refractivity contribution in [3.63, 3.8) is 0 Å². The zero-order chi connectivity index (χ0) is 23.3. The molecule has 0 bridgehead atoms. The van der Waals surface area contributed by atoms with Crippen molar-refractivity contribution in [2.45, 2.75) is 25.4 Å². The smallest absolute Gasteiger partial charge is 0.416 e. The average Bonchev–Trinajstić information content (AvgIpc) is 3.22. The highest BCUT2D eigenvalue weighted by Crippen LogP contribution is 2.31. The maximum absolute atomic E-state index is 12.7. The van der Waals surface area contributed by atoms with Crippen molar-refractivity contribution in [2.24, 2.45) is 0 Å². The molecule has 8 heteroatoms. The largest absolute Gasteiger partial charge is 0.457 e. The van der Waals surface area contributed by atoms with Crippen LogP contribution < -0.4 is 10.1 Å². The van der Waals surface area contributed by atoms with E-state index in [1.165, 1.54) is 12.1 Å². The fourth-order valence-electron chi connectivity index (χ4n) is 3.65. The quantitative estimate of drug-likeness (QED) is 0.430. The molecule has 5 nitrogen and oxygen atoms in total. The number of amides is 2. The fourth-order valence-corrected chi connectivity index (χ4v) is 3.65. The third-order valence-electron chi connectivity index (χ3n) is 5.43. The summed E-state index contributed by atoms with van der Waals surface area (Å²) in [5, 5.41) is 2.80. The van der Waals surface area contributed by atoms with Gasteiger partial charge in [-0.15, -0.1) is 0 Å². The molecule has 1 aliphatic heterocycles. The van der Waals surface area contributed by atoms with E-state index >= 15 is 0 Å². The first-order chi connectivity index (χ1) is 15.9. The number of pyridine rings is 1. The Balaban J connectivity index is 1.32. The van der Waals surface area contributed by atoms with Crippen LogP contribution in [-0.2, 0) is 12.6 Å². The Morgan fingerprint density at radius 3 is 2.27 bits per heavy atom.